The van der Waals surface area contributed by atoms with Gasteiger partial charge in [-0.2, -0.15) is 8.78 Å². The summed E-state index contributed by atoms with van der Waals surface area (Å²) in [5.41, 5.74) is 3.83. The molecule has 2 nitrogen and oxygen atoms in total. The molecular weight excluding hydrogens is 394 g/mol. The van der Waals surface area contributed by atoms with Gasteiger partial charge in [0, 0.05) is 16.7 Å². The molecule has 0 atom stereocenters. The first-order valence-electron chi connectivity index (χ1n) is 10.4. The number of rotatable bonds is 4. The van der Waals surface area contributed by atoms with Crippen LogP contribution in [0.1, 0.15) is 52.7 Å². The Labute approximate surface area is 183 Å². The zero-order valence-electron chi connectivity index (χ0n) is 19.0. The Morgan fingerprint density at radius 3 is 1.81 bits per heavy atom. The molecule has 0 bridgehead atoms. The Bertz CT molecular complexity index is 1060. The first-order chi connectivity index (χ1) is 14.4. The molecule has 0 fully saturated rings. The zero-order valence-corrected chi connectivity index (χ0v) is 19.0. The molecule has 3 rings (SSSR count). The van der Waals surface area contributed by atoms with Gasteiger partial charge in [0.25, 0.3) is 0 Å². The quantitative estimate of drug-likeness (QED) is 0.461. The lowest BCUT2D eigenvalue weighted by molar-refractivity contribution is -0.0490. The number of ether oxygens (including phenoxy) is 1. The lowest BCUT2D eigenvalue weighted by Crippen LogP contribution is -2.14. The van der Waals surface area contributed by atoms with Gasteiger partial charge >= 0.3 is 6.61 Å². The lowest BCUT2D eigenvalue weighted by Gasteiger charge is -2.26. The van der Waals surface area contributed by atoms with Crippen LogP contribution in [-0.4, -0.2) is 11.7 Å². The summed E-state index contributed by atoms with van der Waals surface area (Å²) in [5, 5.41) is 10.7. The van der Waals surface area contributed by atoms with E-state index in [1.54, 1.807) is 6.07 Å². The van der Waals surface area contributed by atoms with Crippen LogP contribution >= 0.6 is 0 Å². The van der Waals surface area contributed by atoms with Crippen molar-refractivity contribution < 1.29 is 18.6 Å². The highest BCUT2D eigenvalue weighted by molar-refractivity contribution is 5.86. The van der Waals surface area contributed by atoms with Gasteiger partial charge in [0.05, 0.1) is 0 Å². The van der Waals surface area contributed by atoms with E-state index in [4.69, 9.17) is 4.74 Å². The smallest absolute Gasteiger partial charge is 0.387 e. The molecule has 4 heteroatoms. The van der Waals surface area contributed by atoms with Gasteiger partial charge in [-0.15, -0.1) is 0 Å². The van der Waals surface area contributed by atoms with Gasteiger partial charge in [0.15, 0.2) is 0 Å². The Morgan fingerprint density at radius 2 is 1.26 bits per heavy atom. The average molecular weight is 425 g/mol. The van der Waals surface area contributed by atoms with Crippen molar-refractivity contribution in [3.05, 3.63) is 71.8 Å². The maximum Gasteiger partial charge on any atom is 0.387 e. The molecule has 31 heavy (non-hydrogen) atoms. The molecule has 164 valence electrons. The van der Waals surface area contributed by atoms with Crippen LogP contribution in [0.25, 0.3) is 22.3 Å². The minimum absolute atomic E-state index is 0.0252. The molecule has 3 aromatic rings. The Hall–Kier alpha value is -2.88. The lowest BCUT2D eigenvalue weighted by atomic mass is 9.81. The second-order valence-corrected chi connectivity index (χ2v) is 9.88. The van der Waals surface area contributed by atoms with Gasteiger partial charge < -0.3 is 9.84 Å². The van der Waals surface area contributed by atoms with E-state index in [0.717, 1.165) is 16.7 Å². The van der Waals surface area contributed by atoms with Gasteiger partial charge in [-0.05, 0) is 51.8 Å². The fourth-order valence-electron chi connectivity index (χ4n) is 3.53. The SMILES string of the molecule is CC(C)(C)c1ccc(O)c(-c2cc(C(C)(C)C)cc(-c3ccccc3)c2OC(F)F)c1. The van der Waals surface area contributed by atoms with Crippen LogP contribution in [-0.2, 0) is 10.8 Å². The number of aromatic hydroxyl groups is 1. The number of phenols is 1. The second-order valence-electron chi connectivity index (χ2n) is 9.88. The molecular formula is C27H30F2O2. The van der Waals surface area contributed by atoms with Crippen molar-refractivity contribution in [2.24, 2.45) is 0 Å². The van der Waals surface area contributed by atoms with Crippen LogP contribution in [0.5, 0.6) is 11.5 Å². The summed E-state index contributed by atoms with van der Waals surface area (Å²) >= 11 is 0. The molecule has 0 aliphatic heterocycles. The average Bonchev–Trinajstić information content (AvgIpc) is 2.67. The molecule has 0 aliphatic rings. The van der Waals surface area contributed by atoms with Crippen LogP contribution in [0, 0.1) is 0 Å². The predicted molar refractivity (Wildman–Crippen MR) is 123 cm³/mol. The third kappa shape index (κ3) is 5.07. The first kappa shape index (κ1) is 22.8. The summed E-state index contributed by atoms with van der Waals surface area (Å²) in [6, 6.07) is 18.4. The molecule has 0 radical (unpaired) electrons. The first-order valence-corrected chi connectivity index (χ1v) is 10.4. The largest absolute Gasteiger partial charge is 0.507 e. The van der Waals surface area contributed by atoms with Crippen molar-refractivity contribution in [2.45, 2.75) is 59.0 Å². The summed E-state index contributed by atoms with van der Waals surface area (Å²) in [4.78, 5) is 0. The van der Waals surface area contributed by atoms with Gasteiger partial charge in [0.2, 0.25) is 0 Å². The number of alkyl halides is 2. The van der Waals surface area contributed by atoms with Crippen molar-refractivity contribution in [3.63, 3.8) is 0 Å². The van der Waals surface area contributed by atoms with Crippen LogP contribution in [0.2, 0.25) is 0 Å². The molecule has 0 heterocycles. The third-order valence-electron chi connectivity index (χ3n) is 5.40. The standard InChI is InChI=1S/C27H30F2O2/c1-26(2,3)18-12-13-23(30)21(14-18)22-16-19(27(4,5)6)15-20(24(22)31-25(28)29)17-10-8-7-9-11-17/h7-16,25,30H,1-6H3. The van der Waals surface area contributed by atoms with Crippen molar-refractivity contribution in [1.29, 1.82) is 0 Å². The molecule has 0 saturated carbocycles. The summed E-state index contributed by atoms with van der Waals surface area (Å²) in [6.07, 6.45) is 0. The van der Waals surface area contributed by atoms with E-state index in [9.17, 15) is 13.9 Å². The van der Waals surface area contributed by atoms with E-state index in [2.05, 4.69) is 41.5 Å². The number of hydrogen-bond donors (Lipinski definition) is 1. The minimum atomic E-state index is -2.99. The molecule has 0 aliphatic carbocycles. The van der Waals surface area contributed by atoms with E-state index in [0.29, 0.717) is 16.7 Å². The van der Waals surface area contributed by atoms with E-state index < -0.39 is 6.61 Å². The normalized spacial score (nSPS) is 12.3. The number of hydrogen-bond acceptors (Lipinski definition) is 2. The highest BCUT2D eigenvalue weighted by Gasteiger charge is 2.25. The Morgan fingerprint density at radius 1 is 0.710 bits per heavy atom. The number of halogens is 2. The number of phenolic OH excluding ortho intramolecular Hbond substituents is 1. The van der Waals surface area contributed by atoms with Crippen LogP contribution in [0.15, 0.2) is 60.7 Å². The van der Waals surface area contributed by atoms with Crippen molar-refractivity contribution >= 4 is 0 Å². The van der Waals surface area contributed by atoms with Crippen LogP contribution < -0.4 is 4.74 Å². The van der Waals surface area contributed by atoms with Gasteiger partial charge in [-0.3, -0.25) is 0 Å². The van der Waals surface area contributed by atoms with E-state index in [1.165, 1.54) is 0 Å². The zero-order chi connectivity index (χ0) is 23.0. The van der Waals surface area contributed by atoms with Gasteiger partial charge in [-0.1, -0.05) is 77.9 Å². The number of benzene rings is 3. The fourth-order valence-corrected chi connectivity index (χ4v) is 3.53. The van der Waals surface area contributed by atoms with Crippen molar-refractivity contribution in [3.8, 4) is 33.8 Å². The molecule has 0 unspecified atom stereocenters. The maximum atomic E-state index is 13.5. The maximum absolute atomic E-state index is 13.5. The summed E-state index contributed by atoms with van der Waals surface area (Å²) in [7, 11) is 0. The van der Waals surface area contributed by atoms with Crippen LogP contribution in [0.4, 0.5) is 8.78 Å². The van der Waals surface area contributed by atoms with E-state index in [-0.39, 0.29) is 22.3 Å². The second kappa shape index (κ2) is 8.33. The third-order valence-corrected chi connectivity index (χ3v) is 5.40. The summed E-state index contributed by atoms with van der Waals surface area (Å²) < 4.78 is 32.2. The fraction of sp³-hybridized carbons (Fsp3) is 0.333. The molecule has 1 N–H and O–H groups in total. The predicted octanol–water partition coefficient (Wildman–Crippen LogP) is 7.92. The van der Waals surface area contributed by atoms with Gasteiger partial charge in [-0.25, -0.2) is 0 Å². The topological polar surface area (TPSA) is 29.5 Å². The summed E-state index contributed by atoms with van der Waals surface area (Å²) in [6.45, 7) is 9.43. The van der Waals surface area contributed by atoms with E-state index >= 15 is 0 Å². The molecule has 0 amide bonds. The Kier molecular flexibility index (Phi) is 6.13. The molecule has 0 saturated heterocycles. The summed E-state index contributed by atoms with van der Waals surface area (Å²) in [5.74, 6) is 0.0905. The highest BCUT2D eigenvalue weighted by atomic mass is 19.3. The van der Waals surface area contributed by atoms with Crippen molar-refractivity contribution in [2.75, 3.05) is 0 Å². The monoisotopic (exact) mass is 424 g/mol. The molecule has 0 spiro atoms. The van der Waals surface area contributed by atoms with E-state index in [1.807, 2.05) is 54.6 Å². The molecule has 0 aromatic heterocycles. The Balaban J connectivity index is 2.41. The minimum Gasteiger partial charge on any atom is -0.507 e. The van der Waals surface area contributed by atoms with Crippen molar-refractivity contribution in [1.82, 2.24) is 0 Å². The molecule has 3 aromatic carbocycles. The van der Waals surface area contributed by atoms with Crippen LogP contribution in [0.3, 0.4) is 0 Å². The van der Waals surface area contributed by atoms with Gasteiger partial charge in [0.1, 0.15) is 11.5 Å². The highest BCUT2D eigenvalue weighted by Crippen LogP contribution is 2.46.